The Morgan fingerprint density at radius 1 is 1.05 bits per heavy atom. The lowest BCUT2D eigenvalue weighted by Crippen LogP contribution is -2.56. The molecule has 0 saturated heterocycles. The van der Waals surface area contributed by atoms with E-state index in [-0.39, 0.29) is 25.1 Å². The lowest BCUT2D eigenvalue weighted by molar-refractivity contribution is -0.138. The van der Waals surface area contributed by atoms with E-state index in [1.165, 1.54) is 0 Å². The van der Waals surface area contributed by atoms with E-state index < -0.39 is 17.5 Å². The van der Waals surface area contributed by atoms with Crippen molar-refractivity contribution in [2.45, 2.75) is 51.5 Å². The molecule has 3 aromatic carbocycles. The number of ether oxygens (including phenoxy) is 1. The van der Waals surface area contributed by atoms with Gasteiger partial charge in [-0.2, -0.15) is 0 Å². The van der Waals surface area contributed by atoms with Crippen LogP contribution in [-0.2, 0) is 35.6 Å². The Balaban J connectivity index is 1.54. The van der Waals surface area contributed by atoms with Crippen molar-refractivity contribution in [2.75, 3.05) is 20.3 Å². The number of urea groups is 1. The first-order valence-corrected chi connectivity index (χ1v) is 13.9. The Kier molecular flexibility index (Phi) is 9.82. The van der Waals surface area contributed by atoms with E-state index in [2.05, 4.69) is 16.0 Å². The quantitative estimate of drug-likeness (QED) is 0.252. The van der Waals surface area contributed by atoms with Crippen molar-refractivity contribution < 1.29 is 24.2 Å². The number of benzene rings is 3. The van der Waals surface area contributed by atoms with Gasteiger partial charge >= 0.3 is 6.03 Å². The standard InChI is InChI=1S/C32H39N5O5/c1-32(2,33)30(40)36-28-17-25-16-26(42-3)13-12-24(25)20-37(29(28)39)19-21-8-10-22(11-9-21)27-7-5-4-6-23(27)18-35-31(41)34-14-15-38/h4-13,16,28,38H,14-15,17-20,33H2,1-3H3,(H,36,40)(H2,34,35,41)/t28-/m1/s1. The highest BCUT2D eigenvalue weighted by molar-refractivity contribution is 5.92. The van der Waals surface area contributed by atoms with E-state index in [0.717, 1.165) is 33.4 Å². The van der Waals surface area contributed by atoms with Gasteiger partial charge in [0.25, 0.3) is 0 Å². The highest BCUT2D eigenvalue weighted by atomic mass is 16.5. The first-order chi connectivity index (χ1) is 20.1. The number of nitrogens with two attached hydrogens (primary N) is 1. The van der Waals surface area contributed by atoms with Crippen molar-refractivity contribution in [1.82, 2.24) is 20.9 Å². The molecule has 1 heterocycles. The highest BCUT2D eigenvalue weighted by Crippen LogP contribution is 2.27. The zero-order valence-corrected chi connectivity index (χ0v) is 24.3. The van der Waals surface area contributed by atoms with Crippen LogP contribution in [0.25, 0.3) is 11.1 Å². The molecule has 0 unspecified atom stereocenters. The second-order valence-corrected chi connectivity index (χ2v) is 11.0. The van der Waals surface area contributed by atoms with Gasteiger partial charge in [-0.3, -0.25) is 9.59 Å². The van der Waals surface area contributed by atoms with E-state index in [1.807, 2.05) is 66.7 Å². The average Bonchev–Trinajstić information content (AvgIpc) is 3.10. The Morgan fingerprint density at radius 2 is 1.79 bits per heavy atom. The Morgan fingerprint density at radius 3 is 2.48 bits per heavy atom. The smallest absolute Gasteiger partial charge is 0.315 e. The molecule has 4 rings (SSSR count). The fourth-order valence-electron chi connectivity index (χ4n) is 4.85. The van der Waals surface area contributed by atoms with Crippen molar-refractivity contribution in [1.29, 1.82) is 0 Å². The van der Waals surface area contributed by atoms with Crippen LogP contribution < -0.4 is 26.4 Å². The third kappa shape index (κ3) is 7.65. The van der Waals surface area contributed by atoms with Crippen LogP contribution in [0, 0.1) is 0 Å². The number of hydrogen-bond donors (Lipinski definition) is 5. The highest BCUT2D eigenvalue weighted by Gasteiger charge is 2.34. The number of carbonyl (C=O) groups is 3. The van der Waals surface area contributed by atoms with E-state index in [0.29, 0.717) is 31.8 Å². The normalized spacial score (nSPS) is 14.9. The van der Waals surface area contributed by atoms with Gasteiger partial charge in [0.1, 0.15) is 11.8 Å². The molecule has 42 heavy (non-hydrogen) atoms. The predicted molar refractivity (Wildman–Crippen MR) is 160 cm³/mol. The second-order valence-electron chi connectivity index (χ2n) is 11.0. The molecular formula is C32H39N5O5. The van der Waals surface area contributed by atoms with Gasteiger partial charge in [0, 0.05) is 32.6 Å². The maximum Gasteiger partial charge on any atom is 0.315 e. The molecular weight excluding hydrogens is 534 g/mol. The molecule has 0 radical (unpaired) electrons. The number of methoxy groups -OCH3 is 1. The first kappa shape index (κ1) is 30.5. The number of hydrogen-bond acceptors (Lipinski definition) is 6. The summed E-state index contributed by atoms with van der Waals surface area (Å²) in [4.78, 5) is 40.2. The number of nitrogens with one attached hydrogen (secondary N) is 3. The van der Waals surface area contributed by atoms with Crippen LogP contribution in [0.1, 0.15) is 36.1 Å². The molecule has 222 valence electrons. The first-order valence-electron chi connectivity index (χ1n) is 13.9. The largest absolute Gasteiger partial charge is 0.497 e. The summed E-state index contributed by atoms with van der Waals surface area (Å²) >= 11 is 0. The number of carbonyl (C=O) groups excluding carboxylic acids is 3. The van der Waals surface area contributed by atoms with Gasteiger partial charge in [-0.25, -0.2) is 4.79 Å². The van der Waals surface area contributed by atoms with Crippen LogP contribution >= 0.6 is 0 Å². The van der Waals surface area contributed by atoms with E-state index in [9.17, 15) is 14.4 Å². The molecule has 3 aromatic rings. The minimum absolute atomic E-state index is 0.123. The SMILES string of the molecule is COc1ccc2c(c1)C[C@@H](NC(=O)C(C)(C)N)C(=O)N(Cc1ccc(-c3ccccc3CNC(=O)NCCO)cc1)C2. The molecule has 4 amide bonds. The monoisotopic (exact) mass is 573 g/mol. The number of fused-ring (bicyclic) bond motifs is 1. The number of amides is 4. The predicted octanol–water partition coefficient (Wildman–Crippen LogP) is 2.46. The Labute approximate surface area is 246 Å². The molecule has 1 aliphatic heterocycles. The van der Waals surface area contributed by atoms with Gasteiger partial charge in [-0.05, 0) is 59.4 Å². The van der Waals surface area contributed by atoms with E-state index >= 15 is 0 Å². The number of nitrogens with zero attached hydrogens (tertiary/aromatic N) is 1. The number of rotatable bonds is 10. The van der Waals surface area contributed by atoms with Crippen molar-refractivity contribution in [3.05, 3.63) is 89.0 Å². The van der Waals surface area contributed by atoms with Crippen LogP contribution in [0.2, 0.25) is 0 Å². The van der Waals surface area contributed by atoms with Crippen molar-refractivity contribution in [2.24, 2.45) is 5.73 Å². The second kappa shape index (κ2) is 13.5. The number of aliphatic hydroxyl groups excluding tert-OH is 1. The topological polar surface area (TPSA) is 146 Å². The molecule has 1 aliphatic rings. The summed E-state index contributed by atoms with van der Waals surface area (Å²) in [5.41, 5.74) is 10.7. The summed E-state index contributed by atoms with van der Waals surface area (Å²) < 4.78 is 5.40. The van der Waals surface area contributed by atoms with Crippen molar-refractivity contribution >= 4 is 17.8 Å². The molecule has 0 aromatic heterocycles. The van der Waals surface area contributed by atoms with Crippen LogP contribution in [0.5, 0.6) is 5.75 Å². The Bertz CT molecular complexity index is 1420. The van der Waals surface area contributed by atoms with Gasteiger partial charge in [0.2, 0.25) is 11.8 Å². The molecule has 1 atom stereocenters. The van der Waals surface area contributed by atoms with Crippen LogP contribution in [0.15, 0.2) is 66.7 Å². The summed E-state index contributed by atoms with van der Waals surface area (Å²) in [6, 6.07) is 20.4. The molecule has 10 heteroatoms. The molecule has 0 spiro atoms. The summed E-state index contributed by atoms with van der Waals surface area (Å²) in [5, 5.41) is 17.2. The van der Waals surface area contributed by atoms with Crippen LogP contribution in [0.3, 0.4) is 0 Å². The molecule has 0 aliphatic carbocycles. The fourth-order valence-corrected chi connectivity index (χ4v) is 4.85. The maximum absolute atomic E-state index is 13.7. The molecule has 0 bridgehead atoms. The molecule has 10 nitrogen and oxygen atoms in total. The third-order valence-electron chi connectivity index (χ3n) is 7.19. The lowest BCUT2D eigenvalue weighted by Gasteiger charge is -2.27. The molecule has 6 N–H and O–H groups in total. The zero-order valence-electron chi connectivity index (χ0n) is 24.3. The Hall–Kier alpha value is -4.41. The van der Waals surface area contributed by atoms with Gasteiger partial charge in [-0.15, -0.1) is 0 Å². The third-order valence-corrected chi connectivity index (χ3v) is 7.19. The average molecular weight is 574 g/mol. The molecule has 0 saturated carbocycles. The van der Waals surface area contributed by atoms with E-state index in [4.69, 9.17) is 15.6 Å². The van der Waals surface area contributed by atoms with E-state index in [1.54, 1.807) is 25.9 Å². The van der Waals surface area contributed by atoms with Crippen LogP contribution in [-0.4, -0.2) is 59.7 Å². The zero-order chi connectivity index (χ0) is 30.3. The van der Waals surface area contributed by atoms with Gasteiger partial charge in [-0.1, -0.05) is 54.6 Å². The fraction of sp³-hybridized carbons (Fsp3) is 0.344. The summed E-state index contributed by atoms with van der Waals surface area (Å²) in [6.45, 7) is 4.37. The van der Waals surface area contributed by atoms with Crippen molar-refractivity contribution in [3.63, 3.8) is 0 Å². The lowest BCUT2D eigenvalue weighted by atomic mass is 9.98. The number of aliphatic hydroxyl groups is 1. The molecule has 0 fully saturated rings. The summed E-state index contributed by atoms with van der Waals surface area (Å²) in [6.07, 6.45) is 0.339. The van der Waals surface area contributed by atoms with Crippen LogP contribution in [0.4, 0.5) is 4.79 Å². The summed E-state index contributed by atoms with van der Waals surface area (Å²) in [7, 11) is 1.60. The van der Waals surface area contributed by atoms with Gasteiger partial charge < -0.3 is 36.4 Å². The van der Waals surface area contributed by atoms with Gasteiger partial charge in [0.05, 0.1) is 19.3 Å². The maximum atomic E-state index is 13.7. The summed E-state index contributed by atoms with van der Waals surface area (Å²) in [5.74, 6) is 0.119. The van der Waals surface area contributed by atoms with Crippen molar-refractivity contribution in [3.8, 4) is 16.9 Å². The minimum atomic E-state index is -1.13. The minimum Gasteiger partial charge on any atom is -0.497 e. The van der Waals surface area contributed by atoms with Gasteiger partial charge in [0.15, 0.2) is 0 Å².